The lowest BCUT2D eigenvalue weighted by molar-refractivity contribution is -0.113. The molecule has 0 spiro atoms. The minimum atomic E-state index is -0.658. The second-order valence-corrected chi connectivity index (χ2v) is 5.28. The molecule has 98 valence electrons. The SMILES string of the molecule is CC(C)CC(NC(=O)c1ccc(Cl)cc1)C(=O)Cl. The van der Waals surface area contributed by atoms with Gasteiger partial charge in [0.25, 0.3) is 5.91 Å². The van der Waals surface area contributed by atoms with Crippen molar-refractivity contribution in [3.05, 3.63) is 34.9 Å². The summed E-state index contributed by atoms with van der Waals surface area (Å²) in [6, 6.07) is 5.79. The van der Waals surface area contributed by atoms with E-state index in [0.717, 1.165) is 0 Å². The Morgan fingerprint density at radius 2 is 1.78 bits per heavy atom. The first-order chi connectivity index (χ1) is 8.40. The standard InChI is InChI=1S/C13H15Cl2NO2/c1-8(2)7-11(12(15)17)16-13(18)9-3-5-10(14)6-4-9/h3-6,8,11H,7H2,1-2H3,(H,16,18). The van der Waals surface area contributed by atoms with Crippen LogP contribution in [0.5, 0.6) is 0 Å². The predicted octanol–water partition coefficient (Wildman–Crippen LogP) is 3.25. The highest BCUT2D eigenvalue weighted by Crippen LogP contribution is 2.11. The third-order valence-electron chi connectivity index (χ3n) is 2.39. The normalized spacial score (nSPS) is 12.3. The molecule has 1 unspecified atom stereocenters. The van der Waals surface area contributed by atoms with Gasteiger partial charge in [0.15, 0.2) is 0 Å². The average Bonchev–Trinajstić information content (AvgIpc) is 2.28. The van der Waals surface area contributed by atoms with Crippen molar-refractivity contribution in [1.82, 2.24) is 5.32 Å². The lowest BCUT2D eigenvalue weighted by Gasteiger charge is -2.16. The van der Waals surface area contributed by atoms with Crippen LogP contribution in [0.1, 0.15) is 30.6 Å². The molecule has 0 aromatic heterocycles. The molecule has 1 amide bonds. The van der Waals surface area contributed by atoms with Crippen LogP contribution in [0.15, 0.2) is 24.3 Å². The number of carbonyl (C=O) groups excluding carboxylic acids is 2. The number of amides is 1. The smallest absolute Gasteiger partial charge is 0.251 e. The van der Waals surface area contributed by atoms with Gasteiger partial charge >= 0.3 is 0 Å². The van der Waals surface area contributed by atoms with Crippen molar-refractivity contribution in [1.29, 1.82) is 0 Å². The number of hydrogen-bond donors (Lipinski definition) is 1. The lowest BCUT2D eigenvalue weighted by atomic mass is 10.0. The summed E-state index contributed by atoms with van der Waals surface area (Å²) in [5.74, 6) is -0.0606. The van der Waals surface area contributed by atoms with Crippen molar-refractivity contribution >= 4 is 34.4 Å². The highest BCUT2D eigenvalue weighted by molar-refractivity contribution is 6.64. The summed E-state index contributed by atoms with van der Waals surface area (Å²) in [6.45, 7) is 3.92. The molecule has 0 aliphatic heterocycles. The fraction of sp³-hybridized carbons (Fsp3) is 0.385. The quantitative estimate of drug-likeness (QED) is 0.845. The van der Waals surface area contributed by atoms with Gasteiger partial charge in [-0.2, -0.15) is 0 Å². The van der Waals surface area contributed by atoms with E-state index >= 15 is 0 Å². The molecule has 3 nitrogen and oxygen atoms in total. The Kier molecular flexibility index (Phi) is 5.63. The summed E-state index contributed by atoms with van der Waals surface area (Å²) in [6.07, 6.45) is 0.516. The van der Waals surface area contributed by atoms with Crippen molar-refractivity contribution in [2.24, 2.45) is 5.92 Å². The number of carbonyl (C=O) groups is 2. The second-order valence-electron chi connectivity index (χ2n) is 4.47. The molecule has 1 rings (SSSR count). The van der Waals surface area contributed by atoms with Gasteiger partial charge in [-0.25, -0.2) is 0 Å². The fourth-order valence-corrected chi connectivity index (χ4v) is 1.79. The van der Waals surface area contributed by atoms with Gasteiger partial charge in [-0.3, -0.25) is 9.59 Å². The first-order valence-electron chi connectivity index (χ1n) is 5.66. The van der Waals surface area contributed by atoms with Gasteiger partial charge in [0.2, 0.25) is 5.24 Å². The molecule has 18 heavy (non-hydrogen) atoms. The lowest BCUT2D eigenvalue weighted by Crippen LogP contribution is -2.39. The van der Waals surface area contributed by atoms with E-state index in [1.807, 2.05) is 13.8 Å². The first kappa shape index (κ1) is 15.0. The van der Waals surface area contributed by atoms with Crippen molar-refractivity contribution in [2.75, 3.05) is 0 Å². The monoisotopic (exact) mass is 287 g/mol. The van der Waals surface area contributed by atoms with Crippen LogP contribution in [0.2, 0.25) is 5.02 Å². The van der Waals surface area contributed by atoms with E-state index < -0.39 is 11.3 Å². The van der Waals surface area contributed by atoms with Gasteiger partial charge in [-0.05, 0) is 48.2 Å². The summed E-state index contributed by atoms with van der Waals surface area (Å²) in [7, 11) is 0. The van der Waals surface area contributed by atoms with Crippen LogP contribution in [0.4, 0.5) is 0 Å². The third kappa shape index (κ3) is 4.67. The third-order valence-corrected chi connectivity index (χ3v) is 2.91. The van der Waals surface area contributed by atoms with Crippen LogP contribution in [-0.2, 0) is 4.79 Å². The van der Waals surface area contributed by atoms with Crippen molar-refractivity contribution in [3.63, 3.8) is 0 Å². The van der Waals surface area contributed by atoms with Crippen LogP contribution in [0.25, 0.3) is 0 Å². The molecule has 0 heterocycles. The summed E-state index contributed by atoms with van der Waals surface area (Å²) in [5, 5.41) is 2.62. The molecule has 0 fully saturated rings. The summed E-state index contributed by atoms with van der Waals surface area (Å²) in [4.78, 5) is 23.1. The molecule has 1 aromatic rings. The Morgan fingerprint density at radius 3 is 2.22 bits per heavy atom. The summed E-state index contributed by atoms with van der Waals surface area (Å²) < 4.78 is 0. The zero-order valence-electron chi connectivity index (χ0n) is 10.2. The van der Waals surface area contributed by atoms with Crippen LogP contribution in [0, 0.1) is 5.92 Å². The molecule has 0 radical (unpaired) electrons. The van der Waals surface area contributed by atoms with E-state index in [9.17, 15) is 9.59 Å². The number of hydrogen-bond acceptors (Lipinski definition) is 2. The van der Waals surface area contributed by atoms with Gasteiger partial charge in [0.05, 0.1) is 0 Å². The van der Waals surface area contributed by atoms with Gasteiger partial charge in [0.1, 0.15) is 6.04 Å². The molecular weight excluding hydrogens is 273 g/mol. The van der Waals surface area contributed by atoms with E-state index in [1.165, 1.54) is 0 Å². The maximum Gasteiger partial charge on any atom is 0.251 e. The van der Waals surface area contributed by atoms with Crippen molar-refractivity contribution in [3.8, 4) is 0 Å². The molecule has 0 bridgehead atoms. The Balaban J connectivity index is 2.72. The largest absolute Gasteiger partial charge is 0.341 e. The van der Waals surface area contributed by atoms with E-state index in [-0.39, 0.29) is 11.8 Å². The number of benzene rings is 1. The van der Waals surface area contributed by atoms with Crippen molar-refractivity contribution in [2.45, 2.75) is 26.3 Å². The minimum Gasteiger partial charge on any atom is -0.341 e. The zero-order valence-corrected chi connectivity index (χ0v) is 11.8. The maximum atomic E-state index is 11.9. The van der Waals surface area contributed by atoms with E-state index in [1.54, 1.807) is 24.3 Å². The summed E-state index contributed by atoms with van der Waals surface area (Å²) >= 11 is 11.2. The molecule has 0 saturated carbocycles. The van der Waals surface area contributed by atoms with Gasteiger partial charge in [-0.1, -0.05) is 25.4 Å². The first-order valence-corrected chi connectivity index (χ1v) is 6.41. The molecule has 1 N–H and O–H groups in total. The van der Waals surface area contributed by atoms with Gasteiger partial charge < -0.3 is 5.32 Å². The zero-order chi connectivity index (χ0) is 13.7. The molecule has 1 aromatic carbocycles. The number of halogens is 2. The van der Waals surface area contributed by atoms with Crippen molar-refractivity contribution < 1.29 is 9.59 Å². The molecule has 0 aliphatic carbocycles. The van der Waals surface area contributed by atoms with Crippen LogP contribution in [0.3, 0.4) is 0 Å². The molecule has 5 heteroatoms. The molecule has 0 aliphatic rings. The Hall–Kier alpha value is -1.06. The summed E-state index contributed by atoms with van der Waals surface area (Å²) in [5.41, 5.74) is 0.450. The number of nitrogens with one attached hydrogen (secondary N) is 1. The Morgan fingerprint density at radius 1 is 1.22 bits per heavy atom. The molecule has 0 saturated heterocycles. The Bertz CT molecular complexity index is 429. The molecular formula is C13H15Cl2NO2. The van der Waals surface area contributed by atoms with E-state index in [0.29, 0.717) is 17.0 Å². The second kappa shape index (κ2) is 6.76. The van der Waals surface area contributed by atoms with Gasteiger partial charge in [0, 0.05) is 10.6 Å². The van der Waals surface area contributed by atoms with Gasteiger partial charge in [-0.15, -0.1) is 0 Å². The highest BCUT2D eigenvalue weighted by Gasteiger charge is 2.20. The fourth-order valence-electron chi connectivity index (χ4n) is 1.52. The predicted molar refractivity (Wildman–Crippen MR) is 73.0 cm³/mol. The minimum absolute atomic E-state index is 0.267. The van der Waals surface area contributed by atoms with Crippen LogP contribution in [-0.4, -0.2) is 17.2 Å². The average molecular weight is 288 g/mol. The maximum absolute atomic E-state index is 11.9. The van der Waals surface area contributed by atoms with Crippen LogP contribution >= 0.6 is 23.2 Å². The van der Waals surface area contributed by atoms with Crippen LogP contribution < -0.4 is 5.32 Å². The Labute approximate surface area is 116 Å². The topological polar surface area (TPSA) is 46.2 Å². The molecule has 1 atom stereocenters. The number of rotatable bonds is 5. The van der Waals surface area contributed by atoms with E-state index in [2.05, 4.69) is 5.32 Å². The highest BCUT2D eigenvalue weighted by atomic mass is 35.5. The van der Waals surface area contributed by atoms with E-state index in [4.69, 9.17) is 23.2 Å².